The Morgan fingerprint density at radius 2 is 1.81 bits per heavy atom. The first-order chi connectivity index (χ1) is 15.5. The van der Waals surface area contributed by atoms with Gasteiger partial charge in [0, 0.05) is 24.4 Å². The third-order valence-corrected chi connectivity index (χ3v) is 5.64. The van der Waals surface area contributed by atoms with Crippen LogP contribution in [-0.4, -0.2) is 29.1 Å². The van der Waals surface area contributed by atoms with Crippen molar-refractivity contribution in [1.29, 1.82) is 0 Å². The number of benzene rings is 2. The highest BCUT2D eigenvalue weighted by atomic mass is 16.3. The van der Waals surface area contributed by atoms with Crippen molar-refractivity contribution >= 4 is 5.91 Å². The molecule has 0 saturated heterocycles. The highest BCUT2D eigenvalue weighted by Crippen LogP contribution is 2.37. The number of nitrogens with zero attached hydrogens (tertiary/aromatic N) is 2. The lowest BCUT2D eigenvalue weighted by Crippen LogP contribution is -2.27. The van der Waals surface area contributed by atoms with Gasteiger partial charge >= 0.3 is 0 Å². The molecule has 2 unspecified atom stereocenters. The zero-order valence-corrected chi connectivity index (χ0v) is 18.5. The van der Waals surface area contributed by atoms with Crippen LogP contribution in [0.15, 0.2) is 72.0 Å². The van der Waals surface area contributed by atoms with E-state index in [-0.39, 0.29) is 31.4 Å². The van der Waals surface area contributed by atoms with E-state index in [2.05, 4.69) is 34.5 Å². The minimum atomic E-state index is -0.495. The first-order valence-electron chi connectivity index (χ1n) is 10.8. The Morgan fingerprint density at radius 1 is 1.06 bits per heavy atom. The number of nitroso groups, excluding NO2 is 1. The summed E-state index contributed by atoms with van der Waals surface area (Å²) in [6.45, 7) is 4.15. The van der Waals surface area contributed by atoms with Gasteiger partial charge in [0.1, 0.15) is 6.04 Å². The fraction of sp³-hybridized carbons (Fsp3) is 0.308. The maximum atomic E-state index is 12.0. The summed E-state index contributed by atoms with van der Waals surface area (Å²) in [5, 5.41) is 15.0. The molecule has 3 aromatic rings. The molecule has 6 heteroatoms. The molecule has 0 aliphatic heterocycles. The van der Waals surface area contributed by atoms with Gasteiger partial charge in [0.05, 0.1) is 13.0 Å². The normalized spacial score (nSPS) is 12.7. The van der Waals surface area contributed by atoms with Crippen LogP contribution in [0.5, 0.6) is 0 Å². The molecule has 0 fully saturated rings. The Morgan fingerprint density at radius 3 is 2.47 bits per heavy atom. The van der Waals surface area contributed by atoms with Crippen molar-refractivity contribution in [2.24, 2.45) is 5.18 Å². The number of aliphatic hydroxyl groups excluding tert-OH is 1. The van der Waals surface area contributed by atoms with E-state index in [1.807, 2.05) is 55.5 Å². The molecule has 0 spiro atoms. The summed E-state index contributed by atoms with van der Waals surface area (Å²) in [5.74, 6) is -0.148. The maximum Gasteiger partial charge on any atom is 0.224 e. The van der Waals surface area contributed by atoms with E-state index in [1.54, 1.807) is 6.20 Å². The van der Waals surface area contributed by atoms with Gasteiger partial charge in [-0.2, -0.15) is 4.91 Å². The molecule has 0 aliphatic rings. The standard InChI is InChI=1S/C26H29N3O3/c1-18-5-3-4-6-23(18)24(17-25(29-32)22-11-12-27-19(2)15-22)21-9-7-20(8-10-21)16-26(31)28-13-14-30/h3-12,15,24-25,30H,13-14,16-17H2,1-2H3,(H,28,31). The summed E-state index contributed by atoms with van der Waals surface area (Å²) in [4.78, 5) is 28.0. The highest BCUT2D eigenvalue weighted by molar-refractivity contribution is 5.78. The molecule has 2 aromatic carbocycles. The van der Waals surface area contributed by atoms with Crippen molar-refractivity contribution in [2.75, 3.05) is 13.2 Å². The van der Waals surface area contributed by atoms with Crippen LogP contribution in [0, 0.1) is 18.8 Å². The van der Waals surface area contributed by atoms with Crippen LogP contribution in [0.3, 0.4) is 0 Å². The molecule has 32 heavy (non-hydrogen) atoms. The van der Waals surface area contributed by atoms with Gasteiger partial charge in [-0.1, -0.05) is 53.7 Å². The third kappa shape index (κ3) is 6.08. The Balaban J connectivity index is 1.89. The SMILES string of the molecule is Cc1cc(C(CC(c2ccc(CC(=O)NCCO)cc2)c2ccccc2C)N=O)ccn1. The lowest BCUT2D eigenvalue weighted by atomic mass is 9.82. The van der Waals surface area contributed by atoms with Crippen molar-refractivity contribution in [1.82, 2.24) is 10.3 Å². The lowest BCUT2D eigenvalue weighted by molar-refractivity contribution is -0.120. The molecule has 1 heterocycles. The van der Waals surface area contributed by atoms with Crippen molar-refractivity contribution in [3.05, 3.63) is 105 Å². The molecule has 3 rings (SSSR count). The second-order valence-corrected chi connectivity index (χ2v) is 7.99. The van der Waals surface area contributed by atoms with Crippen LogP contribution in [0.1, 0.15) is 51.9 Å². The van der Waals surface area contributed by atoms with Crippen molar-refractivity contribution in [3.63, 3.8) is 0 Å². The Labute approximate surface area is 188 Å². The number of aliphatic hydroxyl groups is 1. The number of hydrogen-bond acceptors (Lipinski definition) is 5. The van der Waals surface area contributed by atoms with E-state index in [1.165, 1.54) is 0 Å². The summed E-state index contributed by atoms with van der Waals surface area (Å²) in [7, 11) is 0. The number of hydrogen-bond donors (Lipinski definition) is 2. The van der Waals surface area contributed by atoms with Gasteiger partial charge in [-0.15, -0.1) is 0 Å². The topological polar surface area (TPSA) is 91.6 Å². The fourth-order valence-electron chi connectivity index (χ4n) is 3.97. The molecule has 0 aliphatic carbocycles. The van der Waals surface area contributed by atoms with E-state index >= 15 is 0 Å². The number of aryl methyl sites for hydroxylation is 2. The molecule has 6 nitrogen and oxygen atoms in total. The molecule has 0 bridgehead atoms. The third-order valence-electron chi connectivity index (χ3n) is 5.64. The second-order valence-electron chi connectivity index (χ2n) is 7.99. The molecule has 0 radical (unpaired) electrons. The first kappa shape index (κ1) is 23.3. The monoisotopic (exact) mass is 431 g/mol. The predicted molar refractivity (Wildman–Crippen MR) is 125 cm³/mol. The highest BCUT2D eigenvalue weighted by Gasteiger charge is 2.23. The number of carbonyl (C=O) groups is 1. The summed E-state index contributed by atoms with van der Waals surface area (Å²) >= 11 is 0. The Hall–Kier alpha value is -3.38. The number of amides is 1. The number of rotatable bonds is 10. The molecule has 166 valence electrons. The van der Waals surface area contributed by atoms with Crippen LogP contribution in [0.2, 0.25) is 0 Å². The van der Waals surface area contributed by atoms with Crippen molar-refractivity contribution in [3.8, 4) is 0 Å². The molecular formula is C26H29N3O3. The van der Waals surface area contributed by atoms with Crippen molar-refractivity contribution < 1.29 is 9.90 Å². The number of carbonyl (C=O) groups excluding carboxylic acids is 1. The summed E-state index contributed by atoms with van der Waals surface area (Å²) < 4.78 is 0. The molecule has 0 saturated carbocycles. The average Bonchev–Trinajstić information content (AvgIpc) is 2.80. The van der Waals surface area contributed by atoms with Gasteiger partial charge in [-0.05, 0) is 60.2 Å². The molecular weight excluding hydrogens is 402 g/mol. The van der Waals surface area contributed by atoms with Gasteiger partial charge in [0.2, 0.25) is 5.91 Å². The molecule has 2 N–H and O–H groups in total. The van der Waals surface area contributed by atoms with Gasteiger partial charge in [0.25, 0.3) is 0 Å². The van der Waals surface area contributed by atoms with Gasteiger partial charge in [-0.25, -0.2) is 0 Å². The van der Waals surface area contributed by atoms with E-state index in [4.69, 9.17) is 5.11 Å². The van der Waals surface area contributed by atoms with Crippen LogP contribution >= 0.6 is 0 Å². The van der Waals surface area contributed by atoms with Gasteiger partial charge < -0.3 is 10.4 Å². The van der Waals surface area contributed by atoms with Crippen molar-refractivity contribution in [2.45, 2.75) is 38.6 Å². The maximum absolute atomic E-state index is 12.0. The quantitative estimate of drug-likeness (QED) is 0.466. The minimum absolute atomic E-state index is 0.0235. The molecule has 1 amide bonds. The number of nitrogens with one attached hydrogen (secondary N) is 1. The Bertz CT molecular complexity index is 1050. The van der Waals surface area contributed by atoms with E-state index in [0.717, 1.165) is 33.5 Å². The van der Waals surface area contributed by atoms with Crippen LogP contribution in [0.4, 0.5) is 0 Å². The minimum Gasteiger partial charge on any atom is -0.395 e. The smallest absolute Gasteiger partial charge is 0.224 e. The number of pyridine rings is 1. The molecule has 1 aromatic heterocycles. The fourth-order valence-corrected chi connectivity index (χ4v) is 3.97. The zero-order valence-electron chi connectivity index (χ0n) is 18.5. The molecule has 2 atom stereocenters. The van der Waals surface area contributed by atoms with E-state index in [9.17, 15) is 9.70 Å². The lowest BCUT2D eigenvalue weighted by Gasteiger charge is -2.23. The van der Waals surface area contributed by atoms with Crippen LogP contribution < -0.4 is 5.32 Å². The zero-order chi connectivity index (χ0) is 22.9. The Kier molecular flexibility index (Phi) is 8.22. The van der Waals surface area contributed by atoms with E-state index in [0.29, 0.717) is 6.42 Å². The summed E-state index contributed by atoms with van der Waals surface area (Å²) in [5.41, 5.74) is 5.98. The summed E-state index contributed by atoms with van der Waals surface area (Å²) in [6.07, 6.45) is 2.50. The largest absolute Gasteiger partial charge is 0.395 e. The van der Waals surface area contributed by atoms with Gasteiger partial charge in [-0.3, -0.25) is 9.78 Å². The first-order valence-corrected chi connectivity index (χ1v) is 10.8. The number of aromatic nitrogens is 1. The van der Waals surface area contributed by atoms with Crippen LogP contribution in [0.25, 0.3) is 0 Å². The summed E-state index contributed by atoms with van der Waals surface area (Å²) in [6, 6.07) is 19.4. The average molecular weight is 432 g/mol. The second kappa shape index (κ2) is 11.3. The van der Waals surface area contributed by atoms with Gasteiger partial charge in [0.15, 0.2) is 0 Å². The predicted octanol–water partition coefficient (Wildman–Crippen LogP) is 4.38. The van der Waals surface area contributed by atoms with Crippen LogP contribution in [-0.2, 0) is 11.2 Å². The van der Waals surface area contributed by atoms with E-state index < -0.39 is 6.04 Å².